The van der Waals surface area contributed by atoms with Crippen LogP contribution in [0.1, 0.15) is 10.5 Å². The first kappa shape index (κ1) is 12.3. The summed E-state index contributed by atoms with van der Waals surface area (Å²) in [4.78, 5) is 17.8. The summed E-state index contributed by atoms with van der Waals surface area (Å²) in [6, 6.07) is 6.00. The van der Waals surface area contributed by atoms with E-state index in [0.717, 1.165) is 5.56 Å². The lowest BCUT2D eigenvalue weighted by Gasteiger charge is -2.35. The minimum absolute atomic E-state index is 0.171. The number of rotatable bonds is 2. The lowest BCUT2D eigenvalue weighted by Crippen LogP contribution is -2.53. The van der Waals surface area contributed by atoms with Crippen molar-refractivity contribution in [3.8, 4) is 10.6 Å². The maximum atomic E-state index is 12.8. The Labute approximate surface area is 113 Å². The summed E-state index contributed by atoms with van der Waals surface area (Å²) in [6.07, 6.45) is -0.417. The van der Waals surface area contributed by atoms with E-state index in [1.807, 2.05) is 0 Å². The largest absolute Gasteiger partial charge is 0.389 e. The molecule has 1 amide bonds. The third-order valence-electron chi connectivity index (χ3n) is 2.96. The molecule has 6 heteroatoms. The number of aromatic nitrogens is 1. The molecule has 1 saturated heterocycles. The minimum atomic E-state index is -0.417. The van der Waals surface area contributed by atoms with Crippen LogP contribution in [0.25, 0.3) is 10.6 Å². The molecule has 1 aliphatic heterocycles. The van der Waals surface area contributed by atoms with Crippen LogP contribution in [0.2, 0.25) is 0 Å². The van der Waals surface area contributed by atoms with E-state index in [-0.39, 0.29) is 11.7 Å². The summed E-state index contributed by atoms with van der Waals surface area (Å²) >= 11 is 1.35. The van der Waals surface area contributed by atoms with Crippen LogP contribution in [0.5, 0.6) is 0 Å². The number of halogens is 1. The Morgan fingerprint density at radius 2 is 2.05 bits per heavy atom. The molecule has 0 saturated carbocycles. The van der Waals surface area contributed by atoms with Crippen LogP contribution >= 0.6 is 11.3 Å². The molecule has 4 nitrogen and oxygen atoms in total. The van der Waals surface area contributed by atoms with Crippen LogP contribution in [0.4, 0.5) is 4.39 Å². The van der Waals surface area contributed by atoms with E-state index in [2.05, 4.69) is 4.98 Å². The molecular weight excluding hydrogens is 267 g/mol. The topological polar surface area (TPSA) is 53.4 Å². The van der Waals surface area contributed by atoms with Crippen molar-refractivity contribution in [2.75, 3.05) is 13.1 Å². The second kappa shape index (κ2) is 4.71. The zero-order valence-electron chi connectivity index (χ0n) is 9.91. The number of nitrogens with zero attached hydrogens (tertiary/aromatic N) is 2. The first-order valence-corrected chi connectivity index (χ1v) is 6.70. The molecule has 2 aromatic rings. The first-order valence-electron chi connectivity index (χ1n) is 5.82. The number of hydrogen-bond acceptors (Lipinski definition) is 4. The predicted molar refractivity (Wildman–Crippen MR) is 69.4 cm³/mol. The van der Waals surface area contributed by atoms with Gasteiger partial charge in [0, 0.05) is 24.0 Å². The van der Waals surface area contributed by atoms with Gasteiger partial charge in [0.15, 0.2) is 0 Å². The highest BCUT2D eigenvalue weighted by Gasteiger charge is 2.30. The van der Waals surface area contributed by atoms with Gasteiger partial charge in [-0.15, -0.1) is 11.3 Å². The fourth-order valence-corrected chi connectivity index (χ4v) is 2.68. The number of aliphatic hydroxyl groups excluding tert-OH is 1. The molecule has 0 aliphatic carbocycles. The molecule has 3 rings (SSSR count). The molecule has 1 aromatic carbocycles. The Morgan fingerprint density at radius 1 is 1.37 bits per heavy atom. The molecule has 1 aromatic heterocycles. The van der Waals surface area contributed by atoms with Gasteiger partial charge < -0.3 is 10.0 Å². The van der Waals surface area contributed by atoms with E-state index in [0.29, 0.717) is 23.8 Å². The number of likely N-dealkylation sites (tertiary alicyclic amines) is 1. The molecule has 0 atom stereocenters. The smallest absolute Gasteiger partial charge is 0.273 e. The van der Waals surface area contributed by atoms with E-state index >= 15 is 0 Å². The first-order chi connectivity index (χ1) is 9.13. The number of thiazole rings is 1. The Balaban J connectivity index is 1.79. The SMILES string of the molecule is O=C(c1csc(-c2ccc(F)cc2)n1)N1CC(O)C1. The molecule has 1 N–H and O–H groups in total. The van der Waals surface area contributed by atoms with Crippen molar-refractivity contribution in [3.63, 3.8) is 0 Å². The summed E-state index contributed by atoms with van der Waals surface area (Å²) in [5, 5.41) is 11.5. The van der Waals surface area contributed by atoms with Crippen molar-refractivity contribution in [2.45, 2.75) is 6.10 Å². The molecule has 0 spiro atoms. The lowest BCUT2D eigenvalue weighted by atomic mass is 10.1. The molecule has 19 heavy (non-hydrogen) atoms. The summed E-state index contributed by atoms with van der Waals surface area (Å²) in [5.74, 6) is -0.471. The fraction of sp³-hybridized carbons (Fsp3) is 0.231. The highest BCUT2D eigenvalue weighted by atomic mass is 32.1. The van der Waals surface area contributed by atoms with Crippen molar-refractivity contribution in [2.24, 2.45) is 0 Å². The van der Waals surface area contributed by atoms with E-state index in [1.54, 1.807) is 22.4 Å². The quantitative estimate of drug-likeness (QED) is 0.911. The highest BCUT2D eigenvalue weighted by Crippen LogP contribution is 2.25. The second-order valence-corrected chi connectivity index (χ2v) is 5.27. The Kier molecular flexibility index (Phi) is 3.04. The number of carbonyl (C=O) groups excluding carboxylic acids is 1. The number of β-amino-alcohol motifs (C(OH)–C–C–N with tert-alkyl or cyclic N) is 1. The second-order valence-electron chi connectivity index (χ2n) is 4.41. The molecule has 98 valence electrons. The average Bonchev–Trinajstić information content (AvgIpc) is 2.85. The monoisotopic (exact) mass is 278 g/mol. The lowest BCUT2D eigenvalue weighted by molar-refractivity contribution is 0.00556. The van der Waals surface area contributed by atoms with Crippen LogP contribution in [0, 0.1) is 5.82 Å². The van der Waals surface area contributed by atoms with Gasteiger partial charge in [-0.2, -0.15) is 0 Å². The summed E-state index contributed by atoms with van der Waals surface area (Å²) in [6.45, 7) is 0.727. The van der Waals surface area contributed by atoms with Crippen LogP contribution in [0.3, 0.4) is 0 Å². The Morgan fingerprint density at radius 3 is 2.68 bits per heavy atom. The Bertz CT molecular complexity index is 605. The zero-order valence-corrected chi connectivity index (χ0v) is 10.7. The van der Waals surface area contributed by atoms with Gasteiger partial charge in [-0.05, 0) is 24.3 Å². The zero-order chi connectivity index (χ0) is 13.4. The van der Waals surface area contributed by atoms with Gasteiger partial charge in [-0.25, -0.2) is 9.37 Å². The average molecular weight is 278 g/mol. The maximum absolute atomic E-state index is 12.8. The molecule has 0 bridgehead atoms. The van der Waals surface area contributed by atoms with Crippen molar-refractivity contribution in [1.82, 2.24) is 9.88 Å². The summed E-state index contributed by atoms with van der Waals surface area (Å²) < 4.78 is 12.8. The van der Waals surface area contributed by atoms with Crippen molar-refractivity contribution in [3.05, 3.63) is 41.2 Å². The molecule has 0 radical (unpaired) electrons. The third kappa shape index (κ3) is 2.36. The van der Waals surface area contributed by atoms with Gasteiger partial charge >= 0.3 is 0 Å². The standard InChI is InChI=1S/C13H11FN2O2S/c14-9-3-1-8(2-4-9)12-15-11(7-19-12)13(18)16-5-10(17)6-16/h1-4,7,10,17H,5-6H2. The van der Waals surface area contributed by atoms with Crippen molar-refractivity contribution in [1.29, 1.82) is 0 Å². The van der Waals surface area contributed by atoms with Gasteiger partial charge in [0.25, 0.3) is 5.91 Å². The van der Waals surface area contributed by atoms with Crippen LogP contribution < -0.4 is 0 Å². The molecular formula is C13H11FN2O2S. The number of hydrogen-bond donors (Lipinski definition) is 1. The van der Waals surface area contributed by atoms with E-state index in [9.17, 15) is 14.3 Å². The minimum Gasteiger partial charge on any atom is -0.389 e. The number of amides is 1. The van der Waals surface area contributed by atoms with E-state index in [4.69, 9.17) is 0 Å². The normalized spacial score (nSPS) is 15.4. The van der Waals surface area contributed by atoms with E-state index in [1.165, 1.54) is 23.5 Å². The molecule has 1 aliphatic rings. The maximum Gasteiger partial charge on any atom is 0.273 e. The van der Waals surface area contributed by atoms with E-state index < -0.39 is 6.10 Å². The fourth-order valence-electron chi connectivity index (χ4n) is 1.88. The van der Waals surface area contributed by atoms with Gasteiger partial charge in [0.05, 0.1) is 6.10 Å². The van der Waals surface area contributed by atoms with Crippen LogP contribution in [-0.4, -0.2) is 40.1 Å². The summed E-state index contributed by atoms with van der Waals surface area (Å²) in [7, 11) is 0. The van der Waals surface area contributed by atoms with Crippen LogP contribution in [0.15, 0.2) is 29.6 Å². The number of benzene rings is 1. The predicted octanol–water partition coefficient (Wildman–Crippen LogP) is 1.77. The molecule has 1 fully saturated rings. The van der Waals surface area contributed by atoms with Gasteiger partial charge in [0.2, 0.25) is 0 Å². The summed E-state index contributed by atoms with van der Waals surface area (Å²) in [5.41, 5.74) is 1.16. The molecule has 2 heterocycles. The van der Waals surface area contributed by atoms with Gasteiger partial charge in [0.1, 0.15) is 16.5 Å². The Hall–Kier alpha value is -1.79. The van der Waals surface area contributed by atoms with Crippen molar-refractivity contribution >= 4 is 17.2 Å². The molecule has 0 unspecified atom stereocenters. The van der Waals surface area contributed by atoms with Crippen molar-refractivity contribution < 1.29 is 14.3 Å². The number of carbonyl (C=O) groups is 1. The van der Waals surface area contributed by atoms with Gasteiger partial charge in [-0.3, -0.25) is 4.79 Å². The third-order valence-corrected chi connectivity index (χ3v) is 3.86. The van der Waals surface area contributed by atoms with Crippen LogP contribution in [-0.2, 0) is 0 Å². The number of aliphatic hydroxyl groups is 1. The highest BCUT2D eigenvalue weighted by molar-refractivity contribution is 7.13. The van der Waals surface area contributed by atoms with Gasteiger partial charge in [-0.1, -0.05) is 0 Å².